The second-order valence-electron chi connectivity index (χ2n) is 5.07. The minimum absolute atomic E-state index is 0.160. The zero-order chi connectivity index (χ0) is 14.7. The van der Waals surface area contributed by atoms with Crippen molar-refractivity contribution in [3.05, 3.63) is 30.1 Å². The number of carbonyl (C=O) groups is 2. The molecule has 1 aromatic heterocycles. The lowest BCUT2D eigenvalue weighted by Gasteiger charge is -2.40. The van der Waals surface area contributed by atoms with Crippen molar-refractivity contribution in [2.45, 2.75) is 38.4 Å². The lowest BCUT2D eigenvalue weighted by Crippen LogP contribution is -2.60. The number of piperazine rings is 1. The van der Waals surface area contributed by atoms with E-state index < -0.39 is 0 Å². The Morgan fingerprint density at radius 3 is 2.80 bits per heavy atom. The summed E-state index contributed by atoms with van der Waals surface area (Å²) < 4.78 is 0. The van der Waals surface area contributed by atoms with Gasteiger partial charge in [-0.05, 0) is 25.5 Å². The number of aromatic nitrogens is 1. The van der Waals surface area contributed by atoms with E-state index in [9.17, 15) is 9.59 Å². The van der Waals surface area contributed by atoms with Crippen LogP contribution in [-0.4, -0.2) is 40.3 Å². The molecule has 1 aliphatic rings. The molecular formula is C14H20N4O2. The van der Waals surface area contributed by atoms with Gasteiger partial charge in [-0.3, -0.25) is 24.8 Å². The minimum atomic E-state index is -0.356. The van der Waals surface area contributed by atoms with Gasteiger partial charge in [0.25, 0.3) is 0 Å². The second kappa shape index (κ2) is 6.11. The van der Waals surface area contributed by atoms with Gasteiger partial charge in [-0.25, -0.2) is 0 Å². The minimum Gasteiger partial charge on any atom is -0.326 e. The second-order valence-corrected chi connectivity index (χ2v) is 5.07. The number of imide groups is 1. The van der Waals surface area contributed by atoms with E-state index in [0.29, 0.717) is 6.42 Å². The average molecular weight is 276 g/mol. The maximum atomic E-state index is 12.0. The Morgan fingerprint density at radius 1 is 1.50 bits per heavy atom. The molecule has 2 heterocycles. The molecule has 6 heteroatoms. The SMILES string of the molecule is CCC1C(=O)NC(=O)CN1C(c1ccccn1)C(C)N. The molecule has 3 atom stereocenters. The number of amides is 2. The van der Waals surface area contributed by atoms with E-state index in [4.69, 9.17) is 5.73 Å². The molecule has 0 bridgehead atoms. The third-order valence-corrected chi connectivity index (χ3v) is 3.52. The first-order chi connectivity index (χ1) is 9.54. The number of hydrogen-bond donors (Lipinski definition) is 2. The smallest absolute Gasteiger partial charge is 0.243 e. The van der Waals surface area contributed by atoms with E-state index in [1.807, 2.05) is 36.9 Å². The fourth-order valence-electron chi connectivity index (χ4n) is 2.69. The Balaban J connectivity index is 2.36. The molecule has 0 aliphatic carbocycles. The summed E-state index contributed by atoms with van der Waals surface area (Å²) in [4.78, 5) is 29.8. The maximum Gasteiger partial charge on any atom is 0.243 e. The van der Waals surface area contributed by atoms with E-state index >= 15 is 0 Å². The Morgan fingerprint density at radius 2 is 2.25 bits per heavy atom. The highest BCUT2D eigenvalue weighted by atomic mass is 16.2. The first-order valence-corrected chi connectivity index (χ1v) is 6.80. The lowest BCUT2D eigenvalue weighted by atomic mass is 9.99. The number of hydrogen-bond acceptors (Lipinski definition) is 5. The Hall–Kier alpha value is -1.79. The molecule has 2 rings (SSSR count). The summed E-state index contributed by atoms with van der Waals surface area (Å²) in [7, 11) is 0. The quantitative estimate of drug-likeness (QED) is 0.767. The van der Waals surface area contributed by atoms with Crippen LogP contribution in [0.4, 0.5) is 0 Å². The standard InChI is InChI=1S/C14H20N4O2/c1-3-11-14(20)17-12(19)8-18(11)13(9(2)15)10-6-4-5-7-16-10/h4-7,9,11,13H,3,8,15H2,1-2H3,(H,17,19,20). The molecule has 1 fully saturated rings. The van der Waals surface area contributed by atoms with Crippen molar-refractivity contribution in [3.8, 4) is 0 Å². The fraction of sp³-hybridized carbons (Fsp3) is 0.500. The highest BCUT2D eigenvalue weighted by Crippen LogP contribution is 2.26. The molecule has 1 aliphatic heterocycles. The number of carbonyl (C=O) groups excluding carboxylic acids is 2. The van der Waals surface area contributed by atoms with Crippen LogP contribution in [0.1, 0.15) is 32.0 Å². The van der Waals surface area contributed by atoms with Gasteiger partial charge in [0.05, 0.1) is 24.3 Å². The molecule has 1 saturated heterocycles. The third-order valence-electron chi connectivity index (χ3n) is 3.52. The van der Waals surface area contributed by atoms with Crippen molar-refractivity contribution in [2.24, 2.45) is 5.73 Å². The van der Waals surface area contributed by atoms with Gasteiger partial charge in [0, 0.05) is 12.2 Å². The molecule has 0 radical (unpaired) electrons. The van der Waals surface area contributed by atoms with Crippen molar-refractivity contribution < 1.29 is 9.59 Å². The maximum absolute atomic E-state index is 12.0. The van der Waals surface area contributed by atoms with Gasteiger partial charge in [0.2, 0.25) is 11.8 Å². The topological polar surface area (TPSA) is 88.3 Å². The van der Waals surface area contributed by atoms with Crippen molar-refractivity contribution in [1.29, 1.82) is 0 Å². The number of nitrogens with zero attached hydrogens (tertiary/aromatic N) is 2. The van der Waals surface area contributed by atoms with E-state index in [-0.39, 0.29) is 36.5 Å². The summed E-state index contributed by atoms with van der Waals surface area (Å²) in [6, 6.07) is 4.73. The van der Waals surface area contributed by atoms with Gasteiger partial charge in [0.15, 0.2) is 0 Å². The molecule has 1 aromatic rings. The van der Waals surface area contributed by atoms with Crippen molar-refractivity contribution >= 4 is 11.8 Å². The van der Waals surface area contributed by atoms with E-state index in [1.54, 1.807) is 6.20 Å². The van der Waals surface area contributed by atoms with Crippen molar-refractivity contribution in [1.82, 2.24) is 15.2 Å². The van der Waals surface area contributed by atoms with Gasteiger partial charge < -0.3 is 5.73 Å². The Labute approximate surface area is 118 Å². The molecule has 108 valence electrons. The molecule has 0 spiro atoms. The van der Waals surface area contributed by atoms with Crippen LogP contribution in [0.25, 0.3) is 0 Å². The number of nitrogens with two attached hydrogens (primary N) is 1. The number of nitrogens with one attached hydrogen (secondary N) is 1. The Bertz CT molecular complexity index is 489. The molecule has 2 amide bonds. The predicted molar refractivity (Wildman–Crippen MR) is 74.6 cm³/mol. The van der Waals surface area contributed by atoms with Crippen LogP contribution >= 0.6 is 0 Å². The third kappa shape index (κ3) is 2.86. The van der Waals surface area contributed by atoms with E-state index in [2.05, 4.69) is 10.3 Å². The van der Waals surface area contributed by atoms with Crippen LogP contribution in [0.5, 0.6) is 0 Å². The van der Waals surface area contributed by atoms with Crippen LogP contribution < -0.4 is 11.1 Å². The summed E-state index contributed by atoms with van der Waals surface area (Å²) in [5, 5.41) is 2.37. The molecule has 0 aromatic carbocycles. The highest BCUT2D eigenvalue weighted by Gasteiger charge is 2.39. The van der Waals surface area contributed by atoms with Crippen LogP contribution in [0, 0.1) is 0 Å². The van der Waals surface area contributed by atoms with Crippen LogP contribution in [0.2, 0.25) is 0 Å². The first kappa shape index (κ1) is 14.6. The summed E-state index contributed by atoms with van der Waals surface area (Å²) >= 11 is 0. The van der Waals surface area contributed by atoms with E-state index in [0.717, 1.165) is 5.69 Å². The molecule has 20 heavy (non-hydrogen) atoms. The summed E-state index contributed by atoms with van der Waals surface area (Å²) in [5.74, 6) is -0.549. The average Bonchev–Trinajstić information content (AvgIpc) is 2.39. The summed E-state index contributed by atoms with van der Waals surface area (Å²) in [6.07, 6.45) is 2.31. The Kier molecular flexibility index (Phi) is 4.46. The first-order valence-electron chi connectivity index (χ1n) is 6.80. The monoisotopic (exact) mass is 276 g/mol. The van der Waals surface area contributed by atoms with E-state index in [1.165, 1.54) is 0 Å². The van der Waals surface area contributed by atoms with Crippen LogP contribution in [-0.2, 0) is 9.59 Å². The normalized spacial score (nSPS) is 23.2. The largest absolute Gasteiger partial charge is 0.326 e. The summed E-state index contributed by atoms with van der Waals surface area (Å²) in [5.41, 5.74) is 6.86. The van der Waals surface area contributed by atoms with Gasteiger partial charge in [-0.2, -0.15) is 0 Å². The number of pyridine rings is 1. The zero-order valence-corrected chi connectivity index (χ0v) is 11.7. The molecule has 3 N–H and O–H groups in total. The molecular weight excluding hydrogens is 256 g/mol. The summed E-state index contributed by atoms with van der Waals surface area (Å²) in [6.45, 7) is 3.94. The number of rotatable bonds is 4. The zero-order valence-electron chi connectivity index (χ0n) is 11.7. The van der Waals surface area contributed by atoms with Gasteiger partial charge >= 0.3 is 0 Å². The highest BCUT2D eigenvalue weighted by molar-refractivity contribution is 6.01. The molecule has 6 nitrogen and oxygen atoms in total. The lowest BCUT2D eigenvalue weighted by molar-refractivity contribution is -0.142. The fourth-order valence-corrected chi connectivity index (χ4v) is 2.69. The van der Waals surface area contributed by atoms with Gasteiger partial charge in [-0.15, -0.1) is 0 Å². The van der Waals surface area contributed by atoms with Gasteiger partial charge in [-0.1, -0.05) is 13.0 Å². The molecule has 3 unspecified atom stereocenters. The van der Waals surface area contributed by atoms with Crippen molar-refractivity contribution in [3.63, 3.8) is 0 Å². The van der Waals surface area contributed by atoms with Gasteiger partial charge in [0.1, 0.15) is 0 Å². The predicted octanol–water partition coefficient (Wildman–Crippen LogP) is 0.207. The van der Waals surface area contributed by atoms with Crippen molar-refractivity contribution in [2.75, 3.05) is 6.54 Å². The van der Waals surface area contributed by atoms with Crippen LogP contribution in [0.15, 0.2) is 24.4 Å². The molecule has 0 saturated carbocycles. The van der Waals surface area contributed by atoms with Crippen LogP contribution in [0.3, 0.4) is 0 Å².